The van der Waals surface area contributed by atoms with Crippen molar-refractivity contribution < 1.29 is 32.9 Å². The summed E-state index contributed by atoms with van der Waals surface area (Å²) >= 11 is 0. The number of alkyl halides is 2. The van der Waals surface area contributed by atoms with Gasteiger partial charge in [0.05, 0.1) is 24.5 Å². The first-order valence-electron chi connectivity index (χ1n) is 6.03. The molecule has 0 saturated heterocycles. The van der Waals surface area contributed by atoms with Gasteiger partial charge in [0.1, 0.15) is 5.75 Å². The zero-order valence-corrected chi connectivity index (χ0v) is 12.7. The Balaban J connectivity index is 3.38. The van der Waals surface area contributed by atoms with Gasteiger partial charge in [0.25, 0.3) is 7.37 Å². The topological polar surface area (TPSA) is 96.7 Å². The number of aromatic nitrogens is 1. The van der Waals surface area contributed by atoms with E-state index in [0.717, 1.165) is 6.20 Å². The Morgan fingerprint density at radius 3 is 2.57 bits per heavy atom. The maximum atomic E-state index is 14.1. The molecule has 21 heavy (non-hydrogen) atoms. The number of aliphatic hydroxyl groups is 1. The average Bonchev–Trinajstić information content (AvgIpc) is 2.40. The van der Waals surface area contributed by atoms with Gasteiger partial charge in [0, 0.05) is 18.4 Å². The Bertz CT molecular complexity index is 606. The summed E-state index contributed by atoms with van der Waals surface area (Å²) in [6.45, 7) is 2.32. The van der Waals surface area contributed by atoms with E-state index in [4.69, 9.17) is 5.11 Å². The molecule has 0 bridgehead atoms. The number of aryl methyl sites for hydroxylation is 1. The fourth-order valence-electron chi connectivity index (χ4n) is 1.68. The van der Waals surface area contributed by atoms with E-state index in [9.17, 15) is 23.2 Å². The van der Waals surface area contributed by atoms with E-state index in [0.29, 0.717) is 6.66 Å². The number of ketones is 1. The fourth-order valence-corrected chi connectivity index (χ4v) is 2.82. The molecule has 1 aromatic rings. The van der Waals surface area contributed by atoms with Gasteiger partial charge < -0.3 is 14.7 Å². The van der Waals surface area contributed by atoms with Gasteiger partial charge in [0.15, 0.2) is 0 Å². The summed E-state index contributed by atoms with van der Waals surface area (Å²) in [5.74, 6) is -2.37. The molecule has 9 heteroatoms. The maximum Gasteiger partial charge on any atom is 0.382 e. The van der Waals surface area contributed by atoms with E-state index >= 15 is 0 Å². The van der Waals surface area contributed by atoms with Gasteiger partial charge in [-0.2, -0.15) is 8.78 Å². The summed E-state index contributed by atoms with van der Waals surface area (Å²) in [4.78, 5) is 15.6. The Kier molecular flexibility index (Phi) is 5.20. The van der Waals surface area contributed by atoms with Crippen molar-refractivity contribution in [1.29, 1.82) is 0 Å². The molecule has 0 saturated carbocycles. The lowest BCUT2D eigenvalue weighted by molar-refractivity contribution is 0.0452. The van der Waals surface area contributed by atoms with Crippen molar-refractivity contribution in [3.63, 3.8) is 0 Å². The lowest BCUT2D eigenvalue weighted by atomic mass is 10.0. The number of carbonyl (C=O) groups is 1. The molecule has 0 radical (unpaired) electrons. The molecule has 0 aliphatic rings. The average molecular weight is 323 g/mol. The number of hydrogen-bond donors (Lipinski definition) is 2. The van der Waals surface area contributed by atoms with Crippen LogP contribution in [-0.2, 0) is 15.7 Å². The smallest absolute Gasteiger partial charge is 0.382 e. The molecule has 1 heterocycles. The second kappa shape index (κ2) is 6.17. The summed E-state index contributed by atoms with van der Waals surface area (Å²) in [5.41, 5.74) is -5.28. The predicted octanol–water partition coefficient (Wildman–Crippen LogP) is 2.31. The van der Waals surface area contributed by atoms with Gasteiger partial charge in [0.2, 0.25) is 5.78 Å². The van der Waals surface area contributed by atoms with Crippen molar-refractivity contribution in [3.05, 3.63) is 23.0 Å². The predicted molar refractivity (Wildman–Crippen MR) is 71.0 cm³/mol. The molecule has 118 valence electrons. The summed E-state index contributed by atoms with van der Waals surface area (Å²) in [6.07, 6.45) is 0.808. The minimum Gasteiger partial charge on any atom is -0.506 e. The third kappa shape index (κ3) is 3.12. The van der Waals surface area contributed by atoms with Crippen molar-refractivity contribution >= 4 is 13.2 Å². The van der Waals surface area contributed by atoms with Crippen molar-refractivity contribution in [2.24, 2.45) is 0 Å². The van der Waals surface area contributed by atoms with E-state index in [1.165, 1.54) is 13.8 Å². The highest BCUT2D eigenvalue weighted by Crippen LogP contribution is 2.59. The van der Waals surface area contributed by atoms with E-state index in [-0.39, 0.29) is 17.9 Å². The van der Waals surface area contributed by atoms with Crippen LogP contribution in [0, 0.1) is 6.92 Å². The third-order valence-corrected chi connectivity index (χ3v) is 4.88. The van der Waals surface area contributed by atoms with Crippen LogP contribution in [0.1, 0.15) is 28.5 Å². The molecule has 1 unspecified atom stereocenters. The number of carbonyl (C=O) groups excluding carboxylic acids is 1. The van der Waals surface area contributed by atoms with Crippen LogP contribution in [0.5, 0.6) is 5.75 Å². The van der Waals surface area contributed by atoms with Gasteiger partial charge in [-0.25, -0.2) is 0 Å². The van der Waals surface area contributed by atoms with Crippen molar-refractivity contribution in [1.82, 2.24) is 4.98 Å². The van der Waals surface area contributed by atoms with Crippen molar-refractivity contribution in [2.75, 3.05) is 13.3 Å². The number of halogens is 2. The van der Waals surface area contributed by atoms with Crippen LogP contribution in [0.25, 0.3) is 0 Å². The van der Waals surface area contributed by atoms with Gasteiger partial charge in [-0.3, -0.25) is 14.3 Å². The Morgan fingerprint density at radius 1 is 1.52 bits per heavy atom. The number of hydrogen-bond acceptors (Lipinski definition) is 6. The number of Topliss-reactive ketones (excluding diaryl/α,β-unsaturated/α-hetero) is 1. The lowest BCUT2D eigenvalue weighted by Gasteiger charge is -2.23. The Morgan fingerprint density at radius 2 is 2.10 bits per heavy atom. The standard InChI is InChI=1S/C12H16F2NO5P/c1-4-20-21(3,19)12(13,14)11(18)8-5-15-7(2)10(17)9(8)6-16/h5,16-17H,4,6H2,1-3H3. The minimum absolute atomic E-state index is 0.0726. The molecule has 0 amide bonds. The number of rotatable bonds is 6. The third-order valence-electron chi connectivity index (χ3n) is 2.90. The zero-order chi connectivity index (χ0) is 16.4. The quantitative estimate of drug-likeness (QED) is 0.616. The van der Waals surface area contributed by atoms with Crippen LogP contribution in [0.3, 0.4) is 0 Å². The molecule has 1 atom stereocenters. The molecular formula is C12H16F2NO5P. The van der Waals surface area contributed by atoms with Crippen LogP contribution >= 0.6 is 7.37 Å². The number of nitrogens with zero attached hydrogens (tertiary/aromatic N) is 1. The SMILES string of the molecule is CCOP(C)(=O)C(F)(F)C(=O)c1cnc(C)c(O)c1CO. The van der Waals surface area contributed by atoms with Crippen LogP contribution in [0.15, 0.2) is 6.20 Å². The number of aliphatic hydroxyl groups excluding tert-OH is 1. The van der Waals surface area contributed by atoms with E-state index in [1.54, 1.807) is 0 Å². The fraction of sp³-hybridized carbons (Fsp3) is 0.500. The monoisotopic (exact) mass is 323 g/mol. The molecule has 1 rings (SSSR count). The normalized spacial score (nSPS) is 14.8. The van der Waals surface area contributed by atoms with Gasteiger partial charge in [-0.1, -0.05) is 0 Å². The second-order valence-electron chi connectivity index (χ2n) is 4.38. The molecular weight excluding hydrogens is 307 g/mol. The van der Waals surface area contributed by atoms with E-state index < -0.39 is 36.7 Å². The highest BCUT2D eigenvalue weighted by molar-refractivity contribution is 7.60. The van der Waals surface area contributed by atoms with E-state index in [2.05, 4.69) is 9.51 Å². The highest BCUT2D eigenvalue weighted by Gasteiger charge is 2.55. The second-order valence-corrected chi connectivity index (χ2v) is 6.89. The molecule has 6 nitrogen and oxygen atoms in total. The summed E-state index contributed by atoms with van der Waals surface area (Å²) in [6, 6.07) is 0. The maximum absolute atomic E-state index is 14.1. The van der Waals surface area contributed by atoms with Gasteiger partial charge in [-0.05, 0) is 13.8 Å². The van der Waals surface area contributed by atoms with Crippen LogP contribution < -0.4 is 0 Å². The largest absolute Gasteiger partial charge is 0.506 e. The van der Waals surface area contributed by atoms with Crippen LogP contribution in [0.2, 0.25) is 0 Å². The molecule has 0 fully saturated rings. The first-order valence-corrected chi connectivity index (χ1v) is 8.10. The molecule has 0 aliphatic heterocycles. The van der Waals surface area contributed by atoms with Crippen LogP contribution in [-0.4, -0.2) is 39.9 Å². The zero-order valence-electron chi connectivity index (χ0n) is 11.8. The van der Waals surface area contributed by atoms with Crippen molar-refractivity contribution in [3.8, 4) is 5.75 Å². The van der Waals surface area contributed by atoms with Gasteiger partial charge in [-0.15, -0.1) is 0 Å². The number of aromatic hydroxyl groups is 1. The first-order chi connectivity index (χ1) is 9.60. The van der Waals surface area contributed by atoms with Crippen molar-refractivity contribution in [2.45, 2.75) is 26.1 Å². The molecule has 1 aromatic heterocycles. The van der Waals surface area contributed by atoms with Gasteiger partial charge >= 0.3 is 5.66 Å². The molecule has 2 N–H and O–H groups in total. The Labute approximate surface area is 120 Å². The molecule has 0 aromatic carbocycles. The summed E-state index contributed by atoms with van der Waals surface area (Å²) in [5, 5.41) is 18.8. The Hall–Kier alpha value is -1.37. The van der Waals surface area contributed by atoms with E-state index in [1.807, 2.05) is 0 Å². The lowest BCUT2D eigenvalue weighted by Crippen LogP contribution is -2.30. The molecule has 0 aliphatic carbocycles. The first kappa shape index (κ1) is 17.7. The highest BCUT2D eigenvalue weighted by atomic mass is 31.2. The number of pyridine rings is 1. The molecule has 0 spiro atoms. The summed E-state index contributed by atoms with van der Waals surface area (Å²) < 4.78 is 44.5. The van der Waals surface area contributed by atoms with Crippen LogP contribution in [0.4, 0.5) is 8.78 Å². The minimum atomic E-state index is -4.55. The summed E-state index contributed by atoms with van der Waals surface area (Å²) in [7, 11) is -4.55.